The average Bonchev–Trinajstić information content (AvgIpc) is 3.37. The topological polar surface area (TPSA) is 107 Å². The molecule has 0 aliphatic heterocycles. The zero-order chi connectivity index (χ0) is 31.3. The molecule has 0 atom stereocenters. The van der Waals surface area contributed by atoms with Crippen molar-refractivity contribution in [1.29, 1.82) is 0 Å². The predicted molar refractivity (Wildman–Crippen MR) is 153 cm³/mol. The molecule has 0 saturated carbocycles. The van der Waals surface area contributed by atoms with Crippen LogP contribution in [0.15, 0.2) is 59.8 Å². The summed E-state index contributed by atoms with van der Waals surface area (Å²) in [6, 6.07) is 11.3. The van der Waals surface area contributed by atoms with Crippen molar-refractivity contribution in [1.82, 2.24) is 20.1 Å². The number of amides is 2. The van der Waals surface area contributed by atoms with Crippen LogP contribution in [0.3, 0.4) is 0 Å². The fourth-order valence-corrected chi connectivity index (χ4v) is 4.98. The highest BCUT2D eigenvalue weighted by Gasteiger charge is 2.31. The van der Waals surface area contributed by atoms with E-state index < -0.39 is 29.4 Å². The number of halogens is 6. The van der Waals surface area contributed by atoms with E-state index in [4.69, 9.17) is 32.7 Å². The van der Waals surface area contributed by atoms with Crippen LogP contribution in [0.2, 0.25) is 10.0 Å². The fraction of sp³-hybridized carbons (Fsp3) is 0.185. The standard InChI is InChI=1S/C27H21Cl2F4N5O4S/c1-41-15-7-9-21(42-2)20(11-15)38-22(12-34-25(40)24-17(29)4-3-5-18(24)30)36-37-26(38)43-13-23(39)35-19-10-14(27(31,32)33)6-8-16(19)28/h3-11H,12-13H2,1-2H3,(H,34,40)(H,35,39). The van der Waals surface area contributed by atoms with Gasteiger partial charge in [0.05, 0.1) is 59.1 Å². The Morgan fingerprint density at radius 1 is 1.00 bits per heavy atom. The summed E-state index contributed by atoms with van der Waals surface area (Å²) in [5.74, 6) is -1.66. The molecule has 1 heterocycles. The second-order valence-electron chi connectivity index (χ2n) is 8.58. The average molecular weight is 658 g/mol. The van der Waals surface area contributed by atoms with Gasteiger partial charge in [-0.3, -0.25) is 14.2 Å². The van der Waals surface area contributed by atoms with Crippen molar-refractivity contribution in [3.63, 3.8) is 0 Å². The first-order valence-electron chi connectivity index (χ1n) is 12.1. The Kier molecular flexibility index (Phi) is 10.0. The molecule has 16 heteroatoms. The molecular weight excluding hydrogens is 637 g/mol. The normalized spacial score (nSPS) is 11.3. The summed E-state index contributed by atoms with van der Waals surface area (Å²) >= 11 is 12.9. The number of hydrogen-bond donors (Lipinski definition) is 2. The van der Waals surface area contributed by atoms with Gasteiger partial charge in [0.1, 0.15) is 17.3 Å². The third kappa shape index (κ3) is 7.50. The molecule has 4 rings (SSSR count). The molecule has 0 unspecified atom stereocenters. The van der Waals surface area contributed by atoms with Gasteiger partial charge in [-0.1, -0.05) is 41.0 Å². The Morgan fingerprint density at radius 2 is 1.77 bits per heavy atom. The number of methoxy groups -OCH3 is 2. The van der Waals surface area contributed by atoms with Gasteiger partial charge in [0.25, 0.3) is 5.91 Å². The van der Waals surface area contributed by atoms with Gasteiger partial charge in [-0.05, 0) is 42.5 Å². The highest BCUT2D eigenvalue weighted by Crippen LogP contribution is 2.35. The van der Waals surface area contributed by atoms with E-state index in [9.17, 15) is 27.2 Å². The third-order valence-corrected chi connectivity index (χ3v) is 7.40. The highest BCUT2D eigenvalue weighted by atomic mass is 35.5. The molecule has 2 N–H and O–H groups in total. The predicted octanol–water partition coefficient (Wildman–Crippen LogP) is 6.41. The van der Waals surface area contributed by atoms with E-state index in [1.807, 2.05) is 0 Å². The second kappa shape index (κ2) is 13.5. The van der Waals surface area contributed by atoms with Gasteiger partial charge in [-0.25, -0.2) is 4.39 Å². The highest BCUT2D eigenvalue weighted by molar-refractivity contribution is 7.99. The number of thioether (sulfide) groups is 1. The van der Waals surface area contributed by atoms with Gasteiger partial charge in [0.2, 0.25) is 5.91 Å². The monoisotopic (exact) mass is 657 g/mol. The largest absolute Gasteiger partial charge is 0.497 e. The van der Waals surface area contributed by atoms with E-state index in [1.54, 1.807) is 18.2 Å². The smallest absolute Gasteiger partial charge is 0.416 e. The molecule has 0 spiro atoms. The SMILES string of the molecule is COc1ccc(OC)c(-n2c(CNC(=O)c3c(F)cccc3Cl)nnc2SCC(=O)Nc2cc(C(F)(F)F)ccc2Cl)c1. The minimum Gasteiger partial charge on any atom is -0.497 e. The Hall–Kier alpha value is -4.01. The van der Waals surface area contributed by atoms with Gasteiger partial charge in [0.15, 0.2) is 11.0 Å². The van der Waals surface area contributed by atoms with Crippen LogP contribution in [0, 0.1) is 5.82 Å². The zero-order valence-corrected chi connectivity index (χ0v) is 24.6. The maximum Gasteiger partial charge on any atom is 0.416 e. The van der Waals surface area contributed by atoms with Crippen molar-refractivity contribution in [3.8, 4) is 17.2 Å². The number of aromatic nitrogens is 3. The molecule has 3 aromatic carbocycles. The van der Waals surface area contributed by atoms with Crippen molar-refractivity contribution < 1.29 is 36.6 Å². The minimum absolute atomic E-state index is 0.0800. The summed E-state index contributed by atoms with van der Waals surface area (Å²) in [5, 5.41) is 13.2. The molecule has 0 fully saturated rings. The number of anilines is 1. The molecule has 0 aliphatic rings. The number of hydrogen-bond acceptors (Lipinski definition) is 7. The molecule has 1 aromatic heterocycles. The number of alkyl halides is 3. The lowest BCUT2D eigenvalue weighted by Gasteiger charge is -2.16. The van der Waals surface area contributed by atoms with E-state index in [1.165, 1.54) is 30.9 Å². The maximum atomic E-state index is 14.3. The Balaban J connectivity index is 1.61. The number of nitrogens with zero attached hydrogens (tertiary/aromatic N) is 3. The summed E-state index contributed by atoms with van der Waals surface area (Å²) in [5.41, 5.74) is -1.17. The van der Waals surface area contributed by atoms with E-state index in [-0.39, 0.29) is 44.6 Å². The Morgan fingerprint density at radius 3 is 2.44 bits per heavy atom. The Bertz CT molecular complexity index is 1650. The lowest BCUT2D eigenvalue weighted by atomic mass is 10.2. The molecule has 0 aliphatic carbocycles. The summed E-state index contributed by atoms with van der Waals surface area (Å²) in [4.78, 5) is 25.5. The van der Waals surface area contributed by atoms with Crippen LogP contribution >= 0.6 is 35.0 Å². The number of carbonyl (C=O) groups is 2. The van der Waals surface area contributed by atoms with Crippen LogP contribution < -0.4 is 20.1 Å². The summed E-state index contributed by atoms with van der Waals surface area (Å²) in [6.45, 7) is -0.247. The van der Waals surface area contributed by atoms with E-state index in [0.29, 0.717) is 17.2 Å². The van der Waals surface area contributed by atoms with E-state index in [2.05, 4.69) is 20.8 Å². The molecule has 0 bridgehead atoms. The van der Waals surface area contributed by atoms with Crippen LogP contribution in [0.25, 0.3) is 5.69 Å². The number of carbonyl (C=O) groups excluding carboxylic acids is 2. The molecule has 0 radical (unpaired) electrons. The second-order valence-corrected chi connectivity index (χ2v) is 10.3. The third-order valence-electron chi connectivity index (χ3n) is 5.82. The molecule has 226 valence electrons. The van der Waals surface area contributed by atoms with E-state index >= 15 is 0 Å². The van der Waals surface area contributed by atoms with Gasteiger partial charge in [-0.15, -0.1) is 10.2 Å². The van der Waals surface area contributed by atoms with Crippen molar-refractivity contribution in [2.24, 2.45) is 0 Å². The summed E-state index contributed by atoms with van der Waals surface area (Å²) in [7, 11) is 2.88. The Labute approximate surface area is 256 Å². The first kappa shape index (κ1) is 31.9. The van der Waals surface area contributed by atoms with Crippen molar-refractivity contribution in [3.05, 3.63) is 87.4 Å². The van der Waals surface area contributed by atoms with E-state index in [0.717, 1.165) is 36.0 Å². The van der Waals surface area contributed by atoms with Crippen molar-refractivity contribution in [2.75, 3.05) is 25.3 Å². The van der Waals surface area contributed by atoms with Gasteiger partial charge in [-0.2, -0.15) is 13.2 Å². The first-order valence-corrected chi connectivity index (χ1v) is 13.8. The first-order chi connectivity index (χ1) is 20.4. The van der Waals surface area contributed by atoms with Crippen molar-refractivity contribution >= 4 is 52.5 Å². The van der Waals surface area contributed by atoms with Crippen molar-refractivity contribution in [2.45, 2.75) is 17.9 Å². The molecular formula is C27H21Cl2F4N5O4S. The fourth-order valence-electron chi connectivity index (χ4n) is 3.80. The van der Waals surface area contributed by atoms with Gasteiger partial charge >= 0.3 is 6.18 Å². The lowest BCUT2D eigenvalue weighted by molar-refractivity contribution is -0.137. The summed E-state index contributed by atoms with van der Waals surface area (Å²) in [6.07, 6.45) is -4.63. The maximum absolute atomic E-state index is 14.3. The van der Waals surface area contributed by atoms with Crippen LogP contribution in [-0.2, 0) is 17.5 Å². The molecule has 43 heavy (non-hydrogen) atoms. The molecule has 4 aromatic rings. The zero-order valence-electron chi connectivity index (χ0n) is 22.3. The van der Waals surface area contributed by atoms with Gasteiger partial charge in [0, 0.05) is 6.07 Å². The minimum atomic E-state index is -4.63. The van der Waals surface area contributed by atoms with Crippen LogP contribution in [0.5, 0.6) is 11.5 Å². The quantitative estimate of drug-likeness (QED) is 0.150. The number of benzene rings is 3. The molecule has 9 nitrogen and oxygen atoms in total. The number of nitrogens with one attached hydrogen (secondary N) is 2. The molecule has 0 saturated heterocycles. The van der Waals surface area contributed by atoms with Crippen LogP contribution in [0.1, 0.15) is 21.7 Å². The van der Waals surface area contributed by atoms with Gasteiger partial charge < -0.3 is 20.1 Å². The molecule has 2 amide bonds. The van der Waals surface area contributed by atoms with Crippen LogP contribution in [-0.4, -0.2) is 46.6 Å². The number of rotatable bonds is 10. The van der Waals surface area contributed by atoms with Crippen LogP contribution in [0.4, 0.5) is 23.2 Å². The lowest BCUT2D eigenvalue weighted by Crippen LogP contribution is -2.26. The summed E-state index contributed by atoms with van der Waals surface area (Å²) < 4.78 is 66.0. The number of ether oxygens (including phenoxy) is 2.